The summed E-state index contributed by atoms with van der Waals surface area (Å²) in [7, 11) is 0. The molecule has 0 saturated carbocycles. The van der Waals surface area contributed by atoms with Crippen LogP contribution in [0.5, 0.6) is 0 Å². The average molecular weight is 382 g/mol. The van der Waals surface area contributed by atoms with E-state index in [1.807, 2.05) is 0 Å². The highest BCUT2D eigenvalue weighted by Crippen LogP contribution is 2.30. The normalized spacial score (nSPS) is 18.9. The third kappa shape index (κ3) is 2.76. The SMILES string of the molecule is CCO[C@@H]1CCN(c2cc(C)nc3cc(I)ccc23)C1. The van der Waals surface area contributed by atoms with Crippen LogP contribution in [0.25, 0.3) is 10.9 Å². The molecule has 0 N–H and O–H groups in total. The van der Waals surface area contributed by atoms with Gasteiger partial charge in [0.1, 0.15) is 0 Å². The smallest absolute Gasteiger partial charge is 0.0766 e. The quantitative estimate of drug-likeness (QED) is 0.756. The van der Waals surface area contributed by atoms with Gasteiger partial charge in [-0.05, 0) is 67.1 Å². The van der Waals surface area contributed by atoms with Gasteiger partial charge in [-0.25, -0.2) is 0 Å². The molecule has 1 fully saturated rings. The van der Waals surface area contributed by atoms with Crippen LogP contribution in [0.15, 0.2) is 24.3 Å². The Balaban J connectivity index is 1.99. The van der Waals surface area contributed by atoms with Crippen LogP contribution in [0.3, 0.4) is 0 Å². The van der Waals surface area contributed by atoms with Crippen molar-refractivity contribution in [2.75, 3.05) is 24.6 Å². The van der Waals surface area contributed by atoms with Gasteiger partial charge in [-0.2, -0.15) is 0 Å². The zero-order valence-electron chi connectivity index (χ0n) is 11.9. The number of halogens is 1. The Labute approximate surface area is 133 Å². The lowest BCUT2D eigenvalue weighted by atomic mass is 10.1. The number of rotatable bonds is 3. The standard InChI is InChI=1S/C16H19IN2O/c1-3-20-13-6-7-19(10-13)16-8-11(2)18-15-9-12(17)4-5-14(15)16/h4-5,8-9,13H,3,6-7,10H2,1-2H3/t13-/m1/s1. The largest absolute Gasteiger partial charge is 0.377 e. The summed E-state index contributed by atoms with van der Waals surface area (Å²) in [6.07, 6.45) is 1.48. The van der Waals surface area contributed by atoms with Crippen LogP contribution in [0, 0.1) is 10.5 Å². The number of benzene rings is 1. The van der Waals surface area contributed by atoms with Crippen LogP contribution in [-0.4, -0.2) is 30.8 Å². The number of aryl methyl sites for hydroxylation is 1. The molecule has 1 aromatic carbocycles. The van der Waals surface area contributed by atoms with Crippen molar-refractivity contribution in [3.05, 3.63) is 33.5 Å². The summed E-state index contributed by atoms with van der Waals surface area (Å²) in [6, 6.07) is 8.69. The molecule has 0 aliphatic carbocycles. The molecule has 1 aromatic heterocycles. The Morgan fingerprint density at radius 3 is 3.05 bits per heavy atom. The van der Waals surface area contributed by atoms with Crippen LogP contribution in [0.2, 0.25) is 0 Å². The number of pyridine rings is 1. The molecule has 0 unspecified atom stereocenters. The van der Waals surface area contributed by atoms with Crippen LogP contribution in [0.1, 0.15) is 19.0 Å². The maximum atomic E-state index is 5.76. The maximum Gasteiger partial charge on any atom is 0.0766 e. The minimum absolute atomic E-state index is 0.368. The van der Waals surface area contributed by atoms with Gasteiger partial charge < -0.3 is 9.64 Å². The predicted molar refractivity (Wildman–Crippen MR) is 91.4 cm³/mol. The van der Waals surface area contributed by atoms with E-state index in [0.717, 1.165) is 37.3 Å². The lowest BCUT2D eigenvalue weighted by Gasteiger charge is -2.21. The van der Waals surface area contributed by atoms with Crippen molar-refractivity contribution in [3.63, 3.8) is 0 Å². The van der Waals surface area contributed by atoms with E-state index >= 15 is 0 Å². The number of fused-ring (bicyclic) bond motifs is 1. The van der Waals surface area contributed by atoms with Gasteiger partial charge in [-0.3, -0.25) is 4.98 Å². The van der Waals surface area contributed by atoms with E-state index in [0.29, 0.717) is 6.10 Å². The summed E-state index contributed by atoms with van der Waals surface area (Å²) in [4.78, 5) is 7.10. The van der Waals surface area contributed by atoms with Crippen molar-refractivity contribution in [1.82, 2.24) is 4.98 Å². The molecule has 1 saturated heterocycles. The number of hydrogen-bond donors (Lipinski definition) is 0. The minimum Gasteiger partial charge on any atom is -0.377 e. The maximum absolute atomic E-state index is 5.76. The molecule has 3 rings (SSSR count). The van der Waals surface area contributed by atoms with Gasteiger partial charge in [0.15, 0.2) is 0 Å². The molecule has 20 heavy (non-hydrogen) atoms. The summed E-state index contributed by atoms with van der Waals surface area (Å²) in [5.41, 5.74) is 3.47. The first kappa shape index (κ1) is 14.1. The van der Waals surface area contributed by atoms with Crippen molar-refractivity contribution in [1.29, 1.82) is 0 Å². The molecule has 2 aromatic rings. The van der Waals surface area contributed by atoms with E-state index in [1.54, 1.807) is 0 Å². The van der Waals surface area contributed by atoms with Gasteiger partial charge in [-0.1, -0.05) is 0 Å². The first-order valence-corrected chi connectivity index (χ1v) is 8.18. The third-order valence-electron chi connectivity index (χ3n) is 3.77. The minimum atomic E-state index is 0.368. The zero-order valence-corrected chi connectivity index (χ0v) is 14.1. The lowest BCUT2D eigenvalue weighted by Crippen LogP contribution is -2.23. The number of nitrogens with zero attached hydrogens (tertiary/aromatic N) is 2. The molecule has 1 aliphatic rings. The van der Waals surface area contributed by atoms with Gasteiger partial charge in [-0.15, -0.1) is 0 Å². The van der Waals surface area contributed by atoms with E-state index in [4.69, 9.17) is 4.74 Å². The molecule has 0 radical (unpaired) electrons. The van der Waals surface area contributed by atoms with Crippen molar-refractivity contribution < 1.29 is 4.74 Å². The average Bonchev–Trinajstić information content (AvgIpc) is 2.86. The molecular weight excluding hydrogens is 363 g/mol. The molecule has 2 heterocycles. The van der Waals surface area contributed by atoms with Crippen molar-refractivity contribution in [2.24, 2.45) is 0 Å². The fourth-order valence-electron chi connectivity index (χ4n) is 2.89. The molecule has 4 heteroatoms. The van der Waals surface area contributed by atoms with Crippen LogP contribution in [0.4, 0.5) is 5.69 Å². The van der Waals surface area contributed by atoms with Crippen molar-refractivity contribution >= 4 is 39.2 Å². The number of hydrogen-bond acceptors (Lipinski definition) is 3. The Morgan fingerprint density at radius 2 is 2.25 bits per heavy atom. The van der Waals surface area contributed by atoms with Crippen LogP contribution < -0.4 is 4.90 Å². The van der Waals surface area contributed by atoms with Crippen molar-refractivity contribution in [3.8, 4) is 0 Å². The second kappa shape index (κ2) is 5.85. The molecule has 106 valence electrons. The van der Waals surface area contributed by atoms with E-state index < -0.39 is 0 Å². The Kier molecular flexibility index (Phi) is 4.12. The van der Waals surface area contributed by atoms with Crippen molar-refractivity contribution in [2.45, 2.75) is 26.4 Å². The first-order chi connectivity index (χ1) is 9.67. The van der Waals surface area contributed by atoms with Gasteiger partial charge >= 0.3 is 0 Å². The molecule has 1 atom stereocenters. The predicted octanol–water partition coefficient (Wildman–Crippen LogP) is 3.76. The third-order valence-corrected chi connectivity index (χ3v) is 4.44. The number of ether oxygens (including phenoxy) is 1. The lowest BCUT2D eigenvalue weighted by molar-refractivity contribution is 0.0788. The summed E-state index contributed by atoms with van der Waals surface area (Å²) in [5, 5.41) is 1.24. The van der Waals surface area contributed by atoms with Gasteiger partial charge in [0.25, 0.3) is 0 Å². The highest BCUT2D eigenvalue weighted by atomic mass is 127. The Hall–Kier alpha value is -0.880. The molecule has 0 amide bonds. The molecule has 0 bridgehead atoms. The second-order valence-electron chi connectivity index (χ2n) is 5.26. The van der Waals surface area contributed by atoms with Gasteiger partial charge in [0.05, 0.1) is 11.6 Å². The fraction of sp³-hybridized carbons (Fsp3) is 0.438. The van der Waals surface area contributed by atoms with E-state index in [-0.39, 0.29) is 0 Å². The van der Waals surface area contributed by atoms with Gasteiger partial charge in [0, 0.05) is 40.0 Å². The Morgan fingerprint density at radius 1 is 1.40 bits per heavy atom. The zero-order chi connectivity index (χ0) is 14.1. The number of anilines is 1. The van der Waals surface area contributed by atoms with E-state index in [2.05, 4.69) is 70.6 Å². The summed E-state index contributed by atoms with van der Waals surface area (Å²) < 4.78 is 6.99. The van der Waals surface area contributed by atoms with Crippen LogP contribution >= 0.6 is 22.6 Å². The summed E-state index contributed by atoms with van der Waals surface area (Å²) in [5.74, 6) is 0. The van der Waals surface area contributed by atoms with E-state index in [9.17, 15) is 0 Å². The van der Waals surface area contributed by atoms with Crippen LogP contribution in [-0.2, 0) is 4.74 Å². The highest BCUT2D eigenvalue weighted by Gasteiger charge is 2.24. The molecule has 0 spiro atoms. The molecular formula is C16H19IN2O. The first-order valence-electron chi connectivity index (χ1n) is 7.11. The molecule has 1 aliphatic heterocycles. The summed E-state index contributed by atoms with van der Waals surface area (Å²) >= 11 is 2.34. The van der Waals surface area contributed by atoms with E-state index in [1.165, 1.54) is 14.6 Å². The van der Waals surface area contributed by atoms with Gasteiger partial charge in [0.2, 0.25) is 0 Å². The monoisotopic (exact) mass is 382 g/mol. The number of aromatic nitrogens is 1. The molecule has 3 nitrogen and oxygen atoms in total. The fourth-order valence-corrected chi connectivity index (χ4v) is 3.37. The second-order valence-corrected chi connectivity index (χ2v) is 6.50. The highest BCUT2D eigenvalue weighted by molar-refractivity contribution is 14.1. The summed E-state index contributed by atoms with van der Waals surface area (Å²) in [6.45, 7) is 6.98. The topological polar surface area (TPSA) is 25.4 Å². The Bertz CT molecular complexity index is 624.